The summed E-state index contributed by atoms with van der Waals surface area (Å²) in [4.78, 5) is 26.3. The van der Waals surface area contributed by atoms with Crippen LogP contribution in [0.2, 0.25) is 5.02 Å². The van der Waals surface area contributed by atoms with Gasteiger partial charge in [0.15, 0.2) is 5.01 Å². The molecule has 0 spiro atoms. The fourth-order valence-corrected chi connectivity index (χ4v) is 3.49. The number of H-pyrrole nitrogens is 1. The van der Waals surface area contributed by atoms with E-state index in [1.54, 1.807) is 11.9 Å². The van der Waals surface area contributed by atoms with E-state index < -0.39 is 0 Å². The summed E-state index contributed by atoms with van der Waals surface area (Å²) in [6.45, 7) is 4.71. The van der Waals surface area contributed by atoms with Crippen LogP contribution in [0.5, 0.6) is 0 Å². The van der Waals surface area contributed by atoms with Crippen LogP contribution in [0.25, 0.3) is 11.0 Å². The molecule has 3 aromatic rings. The van der Waals surface area contributed by atoms with Crippen LogP contribution in [0.15, 0.2) is 23.6 Å². The van der Waals surface area contributed by atoms with Gasteiger partial charge in [-0.15, -0.1) is 11.3 Å². The van der Waals surface area contributed by atoms with Gasteiger partial charge in [-0.05, 0) is 24.1 Å². The van der Waals surface area contributed by atoms with Gasteiger partial charge in [0, 0.05) is 30.4 Å². The lowest BCUT2D eigenvalue weighted by molar-refractivity contribution is 0.0795. The molecule has 0 radical (unpaired) electrons. The Balaban J connectivity index is 1.64. The van der Waals surface area contributed by atoms with Crippen LogP contribution in [0, 0.1) is 0 Å². The molecule has 1 N–H and O–H groups in total. The highest BCUT2D eigenvalue weighted by atomic mass is 35.5. The van der Waals surface area contributed by atoms with Crippen molar-refractivity contribution >= 4 is 39.9 Å². The van der Waals surface area contributed by atoms with Crippen molar-refractivity contribution in [3.8, 4) is 0 Å². The summed E-state index contributed by atoms with van der Waals surface area (Å²) in [6.07, 6.45) is 0.650. The van der Waals surface area contributed by atoms with Gasteiger partial charge >= 0.3 is 0 Å². The van der Waals surface area contributed by atoms with E-state index in [2.05, 4.69) is 28.8 Å². The van der Waals surface area contributed by atoms with Crippen LogP contribution in [0.4, 0.5) is 0 Å². The van der Waals surface area contributed by atoms with E-state index in [1.165, 1.54) is 11.3 Å². The highest BCUT2D eigenvalue weighted by Crippen LogP contribution is 2.19. The van der Waals surface area contributed by atoms with Gasteiger partial charge in [-0.1, -0.05) is 25.4 Å². The topological polar surface area (TPSA) is 61.9 Å². The number of hydrogen-bond donors (Lipinski definition) is 1. The second kappa shape index (κ2) is 6.91. The number of carbonyl (C=O) groups is 1. The quantitative estimate of drug-likeness (QED) is 0.742. The van der Waals surface area contributed by atoms with Crippen molar-refractivity contribution in [2.24, 2.45) is 0 Å². The minimum Gasteiger partial charge on any atom is -0.342 e. The summed E-state index contributed by atoms with van der Waals surface area (Å²) in [5.41, 5.74) is 2.75. The molecule has 0 bridgehead atoms. The molecule has 0 unspecified atom stereocenters. The van der Waals surface area contributed by atoms with E-state index in [0.29, 0.717) is 28.9 Å². The van der Waals surface area contributed by atoms with Crippen molar-refractivity contribution in [3.05, 3.63) is 45.1 Å². The molecular formula is C17H19ClN4OS. The van der Waals surface area contributed by atoms with Crippen molar-refractivity contribution in [1.82, 2.24) is 19.9 Å². The highest BCUT2D eigenvalue weighted by Gasteiger charge is 2.17. The monoisotopic (exact) mass is 362 g/mol. The van der Waals surface area contributed by atoms with Crippen molar-refractivity contribution in [3.63, 3.8) is 0 Å². The maximum Gasteiger partial charge on any atom is 0.282 e. The van der Waals surface area contributed by atoms with Crippen molar-refractivity contribution in [2.45, 2.75) is 26.2 Å². The fourth-order valence-electron chi connectivity index (χ4n) is 2.34. The van der Waals surface area contributed by atoms with Gasteiger partial charge < -0.3 is 9.88 Å². The Morgan fingerprint density at radius 1 is 1.38 bits per heavy atom. The zero-order valence-electron chi connectivity index (χ0n) is 13.8. The zero-order valence-corrected chi connectivity index (χ0v) is 15.4. The first kappa shape index (κ1) is 16.9. The molecule has 3 rings (SSSR count). The van der Waals surface area contributed by atoms with Gasteiger partial charge in [0.05, 0.1) is 16.7 Å². The molecule has 126 valence electrons. The first-order valence-corrected chi connectivity index (χ1v) is 9.05. The molecule has 1 amide bonds. The normalized spacial score (nSPS) is 11.4. The Morgan fingerprint density at radius 2 is 2.17 bits per heavy atom. The molecule has 0 fully saturated rings. The lowest BCUT2D eigenvalue weighted by Gasteiger charge is -2.14. The summed E-state index contributed by atoms with van der Waals surface area (Å²) in [7, 11) is 1.79. The molecule has 0 aliphatic carbocycles. The van der Waals surface area contributed by atoms with Crippen LogP contribution in [-0.4, -0.2) is 39.4 Å². The summed E-state index contributed by atoms with van der Waals surface area (Å²) in [5.74, 6) is 1.12. The Kier molecular flexibility index (Phi) is 4.87. The molecule has 0 aliphatic heterocycles. The number of hydrogen-bond acceptors (Lipinski definition) is 4. The second-order valence-corrected chi connectivity index (χ2v) is 7.35. The van der Waals surface area contributed by atoms with Crippen LogP contribution in [0.1, 0.15) is 41.1 Å². The number of aromatic amines is 1. The molecule has 2 aromatic heterocycles. The number of likely N-dealkylation sites (N-methyl/N-ethyl adjacent to an activating group) is 1. The molecule has 2 heterocycles. The lowest BCUT2D eigenvalue weighted by atomic mass is 10.2. The van der Waals surface area contributed by atoms with E-state index in [4.69, 9.17) is 11.6 Å². The first-order chi connectivity index (χ1) is 11.4. The van der Waals surface area contributed by atoms with E-state index in [9.17, 15) is 4.79 Å². The van der Waals surface area contributed by atoms with E-state index in [1.807, 2.05) is 23.6 Å². The number of nitrogens with one attached hydrogen (secondary N) is 1. The molecule has 0 aliphatic rings. The van der Waals surface area contributed by atoms with Crippen molar-refractivity contribution < 1.29 is 4.79 Å². The van der Waals surface area contributed by atoms with E-state index >= 15 is 0 Å². The second-order valence-electron chi connectivity index (χ2n) is 6.05. The van der Waals surface area contributed by atoms with Gasteiger partial charge in [0.1, 0.15) is 5.82 Å². The maximum atomic E-state index is 12.4. The van der Waals surface area contributed by atoms with Gasteiger partial charge in [0.25, 0.3) is 5.91 Å². The number of halogens is 1. The Hall–Kier alpha value is -1.92. The minimum atomic E-state index is -0.0499. The van der Waals surface area contributed by atoms with E-state index in [-0.39, 0.29) is 5.91 Å². The Labute approximate surface area is 149 Å². The standard InChI is InChI=1S/C17H19ClN4OS/c1-10(2)14-9-24-16(21-14)17(23)22(3)7-6-15-19-12-5-4-11(18)8-13(12)20-15/h4-5,8-10H,6-7H2,1-3H3,(H,19,20). The molecule has 24 heavy (non-hydrogen) atoms. The first-order valence-electron chi connectivity index (χ1n) is 7.79. The predicted octanol–water partition coefficient (Wildman–Crippen LogP) is 4.11. The van der Waals surface area contributed by atoms with Crippen LogP contribution >= 0.6 is 22.9 Å². The number of carbonyl (C=O) groups excluding carboxylic acids is 1. The number of imidazole rings is 1. The third-order valence-electron chi connectivity index (χ3n) is 3.82. The summed E-state index contributed by atoms with van der Waals surface area (Å²) in [5, 5.41) is 3.17. The average molecular weight is 363 g/mol. The average Bonchev–Trinajstić information content (AvgIpc) is 3.18. The van der Waals surface area contributed by atoms with Crippen molar-refractivity contribution in [1.29, 1.82) is 0 Å². The molecule has 5 nitrogen and oxygen atoms in total. The lowest BCUT2D eigenvalue weighted by Crippen LogP contribution is -2.29. The summed E-state index contributed by atoms with van der Waals surface area (Å²) in [6, 6.07) is 5.56. The van der Waals surface area contributed by atoms with Crippen molar-refractivity contribution in [2.75, 3.05) is 13.6 Å². The smallest absolute Gasteiger partial charge is 0.282 e. The van der Waals surface area contributed by atoms with Gasteiger partial charge in [0.2, 0.25) is 0 Å². The molecule has 0 saturated heterocycles. The fraction of sp³-hybridized carbons (Fsp3) is 0.353. The predicted molar refractivity (Wildman–Crippen MR) is 98.0 cm³/mol. The minimum absolute atomic E-state index is 0.0499. The zero-order chi connectivity index (χ0) is 17.3. The number of benzene rings is 1. The van der Waals surface area contributed by atoms with Crippen LogP contribution in [0.3, 0.4) is 0 Å². The van der Waals surface area contributed by atoms with Crippen LogP contribution in [-0.2, 0) is 6.42 Å². The summed E-state index contributed by atoms with van der Waals surface area (Å²) >= 11 is 7.38. The largest absolute Gasteiger partial charge is 0.342 e. The van der Waals surface area contributed by atoms with E-state index in [0.717, 1.165) is 22.6 Å². The molecule has 1 aromatic carbocycles. The molecular weight excluding hydrogens is 344 g/mol. The van der Waals surface area contributed by atoms with Gasteiger partial charge in [-0.3, -0.25) is 4.79 Å². The Bertz CT molecular complexity index is 870. The third kappa shape index (κ3) is 3.60. The Morgan fingerprint density at radius 3 is 2.88 bits per heavy atom. The van der Waals surface area contributed by atoms with Gasteiger partial charge in [-0.25, -0.2) is 9.97 Å². The number of thiazole rings is 1. The maximum absolute atomic E-state index is 12.4. The summed E-state index contributed by atoms with van der Waals surface area (Å²) < 4.78 is 0. The molecule has 0 saturated carbocycles. The molecule has 0 atom stereocenters. The SMILES string of the molecule is CC(C)c1csc(C(=O)N(C)CCc2nc3ccc(Cl)cc3[nH]2)n1. The number of nitrogens with zero attached hydrogens (tertiary/aromatic N) is 3. The number of aromatic nitrogens is 3. The molecule has 7 heteroatoms. The number of rotatable bonds is 5. The highest BCUT2D eigenvalue weighted by molar-refractivity contribution is 7.11. The third-order valence-corrected chi connectivity index (χ3v) is 4.90. The number of fused-ring (bicyclic) bond motifs is 1. The van der Waals surface area contributed by atoms with Gasteiger partial charge in [-0.2, -0.15) is 0 Å². The number of amides is 1. The van der Waals surface area contributed by atoms with Crippen LogP contribution < -0.4 is 0 Å².